The van der Waals surface area contributed by atoms with E-state index in [1.54, 1.807) is 24.3 Å². The molecule has 0 bridgehead atoms. The molecule has 0 saturated heterocycles. The summed E-state index contributed by atoms with van der Waals surface area (Å²) in [5.41, 5.74) is 2.09. The lowest BCUT2D eigenvalue weighted by atomic mass is 10.1. The molecule has 2 aromatic carbocycles. The van der Waals surface area contributed by atoms with Crippen molar-refractivity contribution in [2.75, 3.05) is 0 Å². The number of benzene rings is 2. The number of nitrogens with zero attached hydrogens (tertiary/aromatic N) is 1. The Morgan fingerprint density at radius 3 is 2.57 bits per heavy atom. The van der Waals surface area contributed by atoms with Crippen LogP contribution in [0.1, 0.15) is 17.5 Å². The van der Waals surface area contributed by atoms with Gasteiger partial charge in [-0.1, -0.05) is 41.9 Å². The predicted octanol–water partition coefficient (Wildman–Crippen LogP) is 3.98. The number of halogens is 2. The van der Waals surface area contributed by atoms with E-state index in [1.807, 2.05) is 18.2 Å². The number of amidine groups is 1. The van der Waals surface area contributed by atoms with Gasteiger partial charge in [0.05, 0.1) is 0 Å². The van der Waals surface area contributed by atoms with Gasteiger partial charge in [-0.3, -0.25) is 4.79 Å². The van der Waals surface area contributed by atoms with E-state index in [4.69, 9.17) is 11.6 Å². The maximum absolute atomic E-state index is 12.9. The van der Waals surface area contributed by atoms with E-state index in [1.165, 1.54) is 12.1 Å². The van der Waals surface area contributed by atoms with Crippen molar-refractivity contribution in [1.82, 2.24) is 5.32 Å². The van der Waals surface area contributed by atoms with Gasteiger partial charge in [-0.15, -0.1) is 0 Å². The first-order chi connectivity index (χ1) is 11.1. The zero-order valence-corrected chi connectivity index (χ0v) is 13.0. The monoisotopic (exact) mass is 328 g/mol. The predicted molar refractivity (Wildman–Crippen MR) is 89.7 cm³/mol. The summed E-state index contributed by atoms with van der Waals surface area (Å²) >= 11 is 6.09. The highest BCUT2D eigenvalue weighted by Crippen LogP contribution is 2.20. The number of carbonyl (C=O) groups excluding carboxylic acids is 1. The SMILES string of the molecule is O=C1NC(CCc2ccc(F)cc2)=N/C1=C\c1ccccc1Cl. The first kappa shape index (κ1) is 15.4. The molecular weight excluding hydrogens is 315 g/mol. The quantitative estimate of drug-likeness (QED) is 0.847. The Morgan fingerprint density at radius 1 is 1.09 bits per heavy atom. The van der Waals surface area contributed by atoms with Gasteiger partial charge in [0.15, 0.2) is 0 Å². The number of nitrogens with one attached hydrogen (secondary N) is 1. The molecule has 0 unspecified atom stereocenters. The van der Waals surface area contributed by atoms with Crippen molar-refractivity contribution in [2.24, 2.45) is 4.99 Å². The minimum atomic E-state index is -0.259. The van der Waals surface area contributed by atoms with Crippen LogP contribution in [0, 0.1) is 5.82 Å². The summed E-state index contributed by atoms with van der Waals surface area (Å²) in [6.07, 6.45) is 2.93. The van der Waals surface area contributed by atoms with Gasteiger partial charge in [0.2, 0.25) is 0 Å². The molecule has 0 radical (unpaired) electrons. The maximum atomic E-state index is 12.9. The van der Waals surface area contributed by atoms with E-state index in [-0.39, 0.29) is 11.7 Å². The third-order valence-electron chi connectivity index (χ3n) is 3.51. The Bertz CT molecular complexity index is 797. The van der Waals surface area contributed by atoms with Crippen LogP contribution in [0.5, 0.6) is 0 Å². The summed E-state index contributed by atoms with van der Waals surface area (Å²) in [5.74, 6) is 0.113. The summed E-state index contributed by atoms with van der Waals surface area (Å²) in [5, 5.41) is 3.32. The van der Waals surface area contributed by atoms with Crippen LogP contribution in [-0.4, -0.2) is 11.7 Å². The van der Waals surface area contributed by atoms with Crippen molar-refractivity contribution < 1.29 is 9.18 Å². The molecule has 0 aliphatic carbocycles. The fourth-order valence-corrected chi connectivity index (χ4v) is 2.48. The van der Waals surface area contributed by atoms with Crippen molar-refractivity contribution in [1.29, 1.82) is 0 Å². The largest absolute Gasteiger partial charge is 0.309 e. The molecule has 23 heavy (non-hydrogen) atoms. The second-order valence-electron chi connectivity index (χ2n) is 5.19. The normalized spacial score (nSPS) is 15.7. The van der Waals surface area contributed by atoms with Crippen molar-refractivity contribution in [3.8, 4) is 0 Å². The first-order valence-electron chi connectivity index (χ1n) is 7.21. The van der Waals surface area contributed by atoms with Crippen molar-refractivity contribution >= 4 is 29.4 Å². The van der Waals surface area contributed by atoms with Gasteiger partial charge in [-0.25, -0.2) is 9.38 Å². The summed E-state index contributed by atoms with van der Waals surface area (Å²) in [4.78, 5) is 16.3. The molecule has 0 aromatic heterocycles. The third-order valence-corrected chi connectivity index (χ3v) is 3.85. The molecule has 1 aliphatic heterocycles. The topological polar surface area (TPSA) is 41.5 Å². The average molecular weight is 329 g/mol. The lowest BCUT2D eigenvalue weighted by Crippen LogP contribution is -2.24. The van der Waals surface area contributed by atoms with Gasteiger partial charge in [-0.2, -0.15) is 0 Å². The van der Waals surface area contributed by atoms with Gasteiger partial charge in [0.25, 0.3) is 5.91 Å². The number of rotatable bonds is 4. The van der Waals surface area contributed by atoms with Crippen molar-refractivity contribution in [3.05, 3.63) is 76.2 Å². The molecule has 1 N–H and O–H groups in total. The third kappa shape index (κ3) is 3.85. The number of hydrogen-bond donors (Lipinski definition) is 1. The molecule has 0 fully saturated rings. The minimum Gasteiger partial charge on any atom is -0.309 e. The van der Waals surface area contributed by atoms with Crippen LogP contribution in [0.3, 0.4) is 0 Å². The molecule has 2 aromatic rings. The molecule has 3 nitrogen and oxygen atoms in total. The number of aliphatic imine (C=N–C) groups is 1. The smallest absolute Gasteiger partial charge is 0.275 e. The standard InChI is InChI=1S/C18H14ClFN2O/c19-15-4-2-1-3-13(15)11-16-18(23)22-17(21-16)10-7-12-5-8-14(20)9-6-12/h1-6,8-9,11H,7,10H2,(H,21,22,23)/b16-11-. The molecule has 0 saturated carbocycles. The average Bonchev–Trinajstić information content (AvgIpc) is 2.89. The molecule has 1 heterocycles. The highest BCUT2D eigenvalue weighted by molar-refractivity contribution is 6.32. The van der Waals surface area contributed by atoms with Crippen LogP contribution in [0.4, 0.5) is 4.39 Å². The first-order valence-corrected chi connectivity index (χ1v) is 7.59. The van der Waals surface area contributed by atoms with Crippen LogP contribution in [0.2, 0.25) is 5.02 Å². The van der Waals surface area contributed by atoms with E-state index in [9.17, 15) is 9.18 Å². The van der Waals surface area contributed by atoms with Crippen LogP contribution >= 0.6 is 11.6 Å². The number of aryl methyl sites for hydroxylation is 1. The molecule has 116 valence electrons. The zero-order valence-electron chi connectivity index (χ0n) is 12.2. The van der Waals surface area contributed by atoms with Gasteiger partial charge >= 0.3 is 0 Å². The molecule has 5 heteroatoms. The van der Waals surface area contributed by atoms with Crippen molar-refractivity contribution in [3.63, 3.8) is 0 Å². The molecule has 0 atom stereocenters. The lowest BCUT2D eigenvalue weighted by molar-refractivity contribution is -0.115. The van der Waals surface area contributed by atoms with E-state index < -0.39 is 0 Å². The Morgan fingerprint density at radius 2 is 1.83 bits per heavy atom. The Kier molecular flexibility index (Phi) is 4.53. The highest BCUT2D eigenvalue weighted by Gasteiger charge is 2.19. The minimum absolute atomic E-state index is 0.237. The van der Waals surface area contributed by atoms with Crippen LogP contribution in [0.25, 0.3) is 6.08 Å². The highest BCUT2D eigenvalue weighted by atomic mass is 35.5. The Hall–Kier alpha value is -2.46. The van der Waals surface area contributed by atoms with Crippen molar-refractivity contribution in [2.45, 2.75) is 12.8 Å². The van der Waals surface area contributed by atoms with E-state index in [2.05, 4.69) is 10.3 Å². The lowest BCUT2D eigenvalue weighted by Gasteiger charge is -2.01. The number of amides is 1. The van der Waals surface area contributed by atoms with E-state index in [0.717, 1.165) is 11.1 Å². The van der Waals surface area contributed by atoms with Gasteiger partial charge in [0.1, 0.15) is 17.3 Å². The second kappa shape index (κ2) is 6.75. The van der Waals surface area contributed by atoms with Crippen LogP contribution in [-0.2, 0) is 11.2 Å². The fraction of sp³-hybridized carbons (Fsp3) is 0.111. The molecule has 0 spiro atoms. The number of carbonyl (C=O) groups is 1. The van der Waals surface area contributed by atoms with Gasteiger partial charge in [0, 0.05) is 11.4 Å². The van der Waals surface area contributed by atoms with E-state index in [0.29, 0.717) is 29.4 Å². The zero-order chi connectivity index (χ0) is 16.2. The summed E-state index contributed by atoms with van der Waals surface area (Å²) < 4.78 is 12.9. The molecular formula is C18H14ClFN2O. The van der Waals surface area contributed by atoms with Gasteiger partial charge < -0.3 is 5.32 Å². The van der Waals surface area contributed by atoms with E-state index >= 15 is 0 Å². The van der Waals surface area contributed by atoms with Crippen LogP contribution < -0.4 is 5.32 Å². The summed E-state index contributed by atoms with van der Waals surface area (Å²) in [7, 11) is 0. The Balaban J connectivity index is 1.71. The van der Waals surface area contributed by atoms with Gasteiger partial charge in [-0.05, 0) is 41.8 Å². The maximum Gasteiger partial charge on any atom is 0.275 e. The molecule has 3 rings (SSSR count). The summed E-state index contributed by atoms with van der Waals surface area (Å²) in [6, 6.07) is 13.6. The molecule has 1 amide bonds. The summed E-state index contributed by atoms with van der Waals surface area (Å²) in [6.45, 7) is 0. The van der Waals surface area contributed by atoms with Crippen LogP contribution in [0.15, 0.2) is 59.2 Å². The molecule has 1 aliphatic rings. The second-order valence-corrected chi connectivity index (χ2v) is 5.60. The Labute approximate surface area is 138 Å². The number of hydrogen-bond acceptors (Lipinski definition) is 2. The fourth-order valence-electron chi connectivity index (χ4n) is 2.29.